The van der Waals surface area contributed by atoms with Gasteiger partial charge in [0.25, 0.3) is 0 Å². The summed E-state index contributed by atoms with van der Waals surface area (Å²) in [6.45, 7) is 4.94. The van der Waals surface area contributed by atoms with Crippen molar-refractivity contribution in [3.8, 4) is 5.69 Å². The zero-order chi connectivity index (χ0) is 22.5. The van der Waals surface area contributed by atoms with E-state index in [1.165, 1.54) is 0 Å². The molecule has 2 aromatic heterocycles. The molecule has 8 nitrogen and oxygen atoms in total. The van der Waals surface area contributed by atoms with Crippen molar-refractivity contribution in [3.05, 3.63) is 59.8 Å². The zero-order valence-electron chi connectivity index (χ0n) is 18.4. The molecule has 2 fully saturated rings. The molecule has 0 spiro atoms. The molecular weight excluding hydrogens is 426 g/mol. The summed E-state index contributed by atoms with van der Waals surface area (Å²) in [7, 11) is 1.83. The Kier molecular flexibility index (Phi) is 5.04. The molecule has 2 aliphatic rings. The standard InChI is InChI=1S/C23H26ClN7O/c1-15(2)18-12-29(3)22(32)31(18)20-8-11-25-21(27-20)28-23(9-10-23)19-13-30(14-26-19)17-6-4-16(24)5-7-17/h4-8,11,13-15,18H,9-10,12H2,1-3H3,(H,25,27,28)/t18-/m1/s1. The lowest BCUT2D eigenvalue weighted by atomic mass is 10.0. The largest absolute Gasteiger partial charge is 0.343 e. The maximum Gasteiger partial charge on any atom is 0.325 e. The fourth-order valence-electron chi connectivity index (χ4n) is 4.20. The first-order valence-electron chi connectivity index (χ1n) is 10.8. The first kappa shape index (κ1) is 20.8. The monoisotopic (exact) mass is 451 g/mol. The Morgan fingerprint density at radius 1 is 1.16 bits per heavy atom. The molecule has 1 saturated carbocycles. The molecule has 166 valence electrons. The number of amides is 2. The summed E-state index contributed by atoms with van der Waals surface area (Å²) in [5, 5.41) is 4.19. The second-order valence-corrected chi connectivity index (χ2v) is 9.37. The number of carbonyl (C=O) groups is 1. The number of anilines is 2. The van der Waals surface area contributed by atoms with E-state index in [0.29, 0.717) is 29.3 Å². The minimum absolute atomic E-state index is 0.0313. The van der Waals surface area contributed by atoms with Crippen molar-refractivity contribution >= 4 is 29.4 Å². The van der Waals surface area contributed by atoms with Crippen LogP contribution in [0.5, 0.6) is 0 Å². The van der Waals surface area contributed by atoms with Crippen molar-refractivity contribution in [1.29, 1.82) is 0 Å². The first-order chi connectivity index (χ1) is 15.4. The highest BCUT2D eigenvalue weighted by molar-refractivity contribution is 6.30. The number of imidazole rings is 1. The predicted octanol–water partition coefficient (Wildman–Crippen LogP) is 4.31. The molecule has 1 aliphatic carbocycles. The number of hydrogen-bond donors (Lipinski definition) is 1. The van der Waals surface area contributed by atoms with Crippen LogP contribution in [0.25, 0.3) is 5.69 Å². The van der Waals surface area contributed by atoms with E-state index in [1.807, 2.05) is 48.4 Å². The number of hydrogen-bond acceptors (Lipinski definition) is 5. The number of halogens is 1. The number of rotatable bonds is 6. The number of aromatic nitrogens is 4. The van der Waals surface area contributed by atoms with Gasteiger partial charge in [0.05, 0.1) is 23.6 Å². The van der Waals surface area contributed by atoms with E-state index in [1.54, 1.807) is 22.1 Å². The van der Waals surface area contributed by atoms with Gasteiger partial charge >= 0.3 is 6.03 Å². The average Bonchev–Trinajstić information content (AvgIpc) is 3.25. The minimum Gasteiger partial charge on any atom is -0.343 e. The topological polar surface area (TPSA) is 79.2 Å². The summed E-state index contributed by atoms with van der Waals surface area (Å²) >= 11 is 6.00. The molecule has 5 rings (SSSR count). The number of urea groups is 1. The van der Waals surface area contributed by atoms with Crippen LogP contribution in [0, 0.1) is 5.92 Å². The smallest absolute Gasteiger partial charge is 0.325 e. The first-order valence-corrected chi connectivity index (χ1v) is 11.2. The Morgan fingerprint density at radius 3 is 2.59 bits per heavy atom. The molecule has 32 heavy (non-hydrogen) atoms. The van der Waals surface area contributed by atoms with Crippen LogP contribution < -0.4 is 10.2 Å². The molecule has 1 atom stereocenters. The Labute approximate surface area is 192 Å². The molecule has 1 N–H and O–H groups in total. The minimum atomic E-state index is -0.292. The van der Waals surface area contributed by atoms with Crippen LogP contribution in [0.1, 0.15) is 32.4 Å². The van der Waals surface area contributed by atoms with E-state index < -0.39 is 0 Å². The summed E-state index contributed by atoms with van der Waals surface area (Å²) in [4.78, 5) is 30.1. The summed E-state index contributed by atoms with van der Waals surface area (Å²) in [6.07, 6.45) is 7.43. The summed E-state index contributed by atoms with van der Waals surface area (Å²) < 4.78 is 1.98. The molecule has 2 amide bonds. The van der Waals surface area contributed by atoms with E-state index in [9.17, 15) is 4.79 Å². The van der Waals surface area contributed by atoms with E-state index in [0.717, 1.165) is 24.2 Å². The van der Waals surface area contributed by atoms with Crippen LogP contribution in [-0.4, -0.2) is 50.1 Å². The quantitative estimate of drug-likeness (QED) is 0.604. The van der Waals surface area contributed by atoms with Crippen LogP contribution in [-0.2, 0) is 5.54 Å². The molecule has 0 radical (unpaired) electrons. The van der Waals surface area contributed by atoms with Gasteiger partial charge in [0.1, 0.15) is 5.82 Å². The third kappa shape index (κ3) is 3.68. The highest BCUT2D eigenvalue weighted by Crippen LogP contribution is 2.47. The second kappa shape index (κ2) is 7.78. The molecule has 1 saturated heterocycles. The third-order valence-electron chi connectivity index (χ3n) is 6.28. The Morgan fingerprint density at radius 2 is 1.91 bits per heavy atom. The van der Waals surface area contributed by atoms with Crippen molar-refractivity contribution in [3.63, 3.8) is 0 Å². The normalized spacial score (nSPS) is 19.7. The van der Waals surface area contributed by atoms with Gasteiger partial charge in [-0.3, -0.25) is 4.90 Å². The summed E-state index contributed by atoms with van der Waals surface area (Å²) in [5.41, 5.74) is 1.65. The van der Waals surface area contributed by atoms with Gasteiger partial charge in [0.2, 0.25) is 5.95 Å². The van der Waals surface area contributed by atoms with Gasteiger partial charge in [-0.1, -0.05) is 25.4 Å². The number of likely N-dealkylation sites (N-methyl/N-ethyl adjacent to an activating group) is 1. The van der Waals surface area contributed by atoms with Crippen LogP contribution in [0.2, 0.25) is 5.02 Å². The maximum absolute atomic E-state index is 12.8. The Bertz CT molecular complexity index is 1140. The second-order valence-electron chi connectivity index (χ2n) is 8.93. The van der Waals surface area contributed by atoms with E-state index in [4.69, 9.17) is 16.6 Å². The SMILES string of the molecule is CC(C)[C@H]1CN(C)C(=O)N1c1ccnc(NC2(c3cn(-c4ccc(Cl)cc4)cn3)CC2)n1. The molecule has 3 aromatic rings. The lowest BCUT2D eigenvalue weighted by Gasteiger charge is -2.25. The highest BCUT2D eigenvalue weighted by atomic mass is 35.5. The van der Waals surface area contributed by atoms with Gasteiger partial charge in [0.15, 0.2) is 0 Å². The Hall–Kier alpha value is -3.13. The van der Waals surface area contributed by atoms with Crippen molar-refractivity contribution in [2.24, 2.45) is 5.92 Å². The van der Waals surface area contributed by atoms with E-state index in [-0.39, 0.29) is 17.6 Å². The number of nitrogens with zero attached hydrogens (tertiary/aromatic N) is 6. The summed E-state index contributed by atoms with van der Waals surface area (Å²) in [6, 6.07) is 9.50. The predicted molar refractivity (Wildman–Crippen MR) is 124 cm³/mol. The van der Waals surface area contributed by atoms with E-state index in [2.05, 4.69) is 29.1 Å². The molecule has 0 unspecified atom stereocenters. The molecule has 9 heteroatoms. The molecule has 1 aliphatic heterocycles. The van der Waals surface area contributed by atoms with Gasteiger partial charge < -0.3 is 14.8 Å². The van der Waals surface area contributed by atoms with Crippen LogP contribution >= 0.6 is 11.6 Å². The van der Waals surface area contributed by atoms with Crippen LogP contribution in [0.3, 0.4) is 0 Å². The third-order valence-corrected chi connectivity index (χ3v) is 6.53. The fraction of sp³-hybridized carbons (Fsp3) is 0.391. The van der Waals surface area contributed by atoms with Crippen molar-refractivity contribution in [2.45, 2.75) is 38.3 Å². The van der Waals surface area contributed by atoms with Crippen molar-refractivity contribution in [1.82, 2.24) is 24.4 Å². The molecule has 1 aromatic carbocycles. The number of carbonyl (C=O) groups excluding carboxylic acids is 1. The number of benzene rings is 1. The van der Waals surface area contributed by atoms with Crippen molar-refractivity contribution < 1.29 is 4.79 Å². The molecule has 3 heterocycles. The van der Waals surface area contributed by atoms with E-state index >= 15 is 0 Å². The van der Waals surface area contributed by atoms with Crippen LogP contribution in [0.15, 0.2) is 49.1 Å². The average molecular weight is 452 g/mol. The maximum atomic E-state index is 12.8. The van der Waals surface area contributed by atoms with Gasteiger partial charge in [0, 0.05) is 36.7 Å². The van der Waals surface area contributed by atoms with Gasteiger partial charge in [-0.05, 0) is 49.1 Å². The fourth-order valence-corrected chi connectivity index (χ4v) is 4.32. The summed E-state index contributed by atoms with van der Waals surface area (Å²) in [5.74, 6) is 1.45. The zero-order valence-corrected chi connectivity index (χ0v) is 19.1. The molecule has 0 bridgehead atoms. The highest BCUT2D eigenvalue weighted by Gasteiger charge is 2.47. The lowest BCUT2D eigenvalue weighted by Crippen LogP contribution is -2.38. The number of nitrogens with one attached hydrogen (secondary N) is 1. The van der Waals surface area contributed by atoms with Gasteiger partial charge in [-0.25, -0.2) is 14.8 Å². The van der Waals surface area contributed by atoms with Gasteiger partial charge in [-0.2, -0.15) is 4.98 Å². The lowest BCUT2D eigenvalue weighted by molar-refractivity contribution is 0.229. The molecular formula is C23H26ClN7O. The van der Waals surface area contributed by atoms with Crippen molar-refractivity contribution in [2.75, 3.05) is 23.8 Å². The van der Waals surface area contributed by atoms with Crippen LogP contribution in [0.4, 0.5) is 16.6 Å². The van der Waals surface area contributed by atoms with Gasteiger partial charge in [-0.15, -0.1) is 0 Å². The Balaban J connectivity index is 1.38.